The van der Waals surface area contributed by atoms with Gasteiger partial charge in [0, 0.05) is 5.56 Å². The van der Waals surface area contributed by atoms with Crippen LogP contribution >= 0.6 is 0 Å². The zero-order valence-corrected chi connectivity index (χ0v) is 10.7. The summed E-state index contributed by atoms with van der Waals surface area (Å²) in [4.78, 5) is 33.7. The summed E-state index contributed by atoms with van der Waals surface area (Å²) >= 11 is 0. The van der Waals surface area contributed by atoms with Crippen LogP contribution in [-0.2, 0) is 9.59 Å². The molecular weight excluding hydrogens is 281 g/mol. The number of rotatable bonds is 4. The summed E-state index contributed by atoms with van der Waals surface area (Å²) in [5, 5.41) is 5.60. The van der Waals surface area contributed by atoms with Gasteiger partial charge in [0.05, 0.1) is 12.6 Å². The molecule has 1 atom stereocenters. The zero-order valence-electron chi connectivity index (χ0n) is 10.7. The van der Waals surface area contributed by atoms with Crippen LogP contribution in [0.15, 0.2) is 29.4 Å². The number of urea groups is 1. The molecule has 0 aromatic heterocycles. The number of benzene rings is 1. The highest BCUT2D eigenvalue weighted by Crippen LogP contribution is 2.02. The van der Waals surface area contributed by atoms with E-state index in [1.165, 1.54) is 18.2 Å². The molecule has 1 aromatic carbocycles. The molecule has 1 heterocycles. The van der Waals surface area contributed by atoms with Gasteiger partial charge in [0.2, 0.25) is 11.8 Å². The summed E-state index contributed by atoms with van der Waals surface area (Å²) in [6, 6.07) is 4.34. The minimum absolute atomic E-state index is 0.221. The lowest BCUT2D eigenvalue weighted by Crippen LogP contribution is -2.63. The molecule has 1 aliphatic rings. The van der Waals surface area contributed by atoms with Gasteiger partial charge in [-0.1, -0.05) is 18.2 Å². The fraction of sp³-hybridized carbons (Fsp3) is 0.167. The molecule has 0 spiro atoms. The van der Waals surface area contributed by atoms with Gasteiger partial charge < -0.3 is 0 Å². The summed E-state index contributed by atoms with van der Waals surface area (Å²) in [7, 11) is 0. The number of carbonyl (C=O) groups excluding carboxylic acids is 3. The van der Waals surface area contributed by atoms with E-state index < -0.39 is 29.7 Å². The summed E-state index contributed by atoms with van der Waals surface area (Å²) in [6.45, 7) is 0. The molecule has 1 unspecified atom stereocenters. The van der Waals surface area contributed by atoms with Crippen LogP contribution in [0.4, 0.5) is 9.18 Å². The molecule has 21 heavy (non-hydrogen) atoms. The fourth-order valence-electron chi connectivity index (χ4n) is 1.58. The van der Waals surface area contributed by atoms with E-state index in [4.69, 9.17) is 0 Å². The molecular formula is C12H12FN5O3. The van der Waals surface area contributed by atoms with E-state index in [-0.39, 0.29) is 12.0 Å². The lowest BCUT2D eigenvalue weighted by atomic mass is 10.2. The zero-order chi connectivity index (χ0) is 15.2. The third-order valence-corrected chi connectivity index (χ3v) is 2.60. The SMILES string of the molecule is O=C(CC1NNC(=O)NC1=O)N/N=C/c1ccccc1F. The molecule has 1 aliphatic heterocycles. The van der Waals surface area contributed by atoms with Crippen molar-refractivity contribution < 1.29 is 18.8 Å². The topological polar surface area (TPSA) is 112 Å². The Morgan fingerprint density at radius 1 is 1.38 bits per heavy atom. The van der Waals surface area contributed by atoms with E-state index in [1.54, 1.807) is 6.07 Å². The lowest BCUT2D eigenvalue weighted by molar-refractivity contribution is -0.128. The van der Waals surface area contributed by atoms with E-state index >= 15 is 0 Å². The first kappa shape index (κ1) is 14.6. The van der Waals surface area contributed by atoms with Crippen LogP contribution in [-0.4, -0.2) is 30.1 Å². The number of hydrazone groups is 1. The van der Waals surface area contributed by atoms with Crippen LogP contribution in [0, 0.1) is 5.82 Å². The Morgan fingerprint density at radius 2 is 2.14 bits per heavy atom. The summed E-state index contributed by atoms with van der Waals surface area (Å²) in [5.74, 6) is -1.65. The highest BCUT2D eigenvalue weighted by molar-refractivity contribution is 6.00. The van der Waals surface area contributed by atoms with Gasteiger partial charge in [-0.25, -0.2) is 20.0 Å². The maximum absolute atomic E-state index is 13.3. The maximum atomic E-state index is 13.3. The van der Waals surface area contributed by atoms with Gasteiger partial charge in [-0.15, -0.1) is 0 Å². The Morgan fingerprint density at radius 3 is 2.86 bits per heavy atom. The Kier molecular flexibility index (Phi) is 4.57. The minimum Gasteiger partial charge on any atom is -0.276 e. The minimum atomic E-state index is -0.897. The predicted molar refractivity (Wildman–Crippen MR) is 70.4 cm³/mol. The van der Waals surface area contributed by atoms with Gasteiger partial charge >= 0.3 is 6.03 Å². The first-order valence-electron chi connectivity index (χ1n) is 5.99. The molecule has 0 saturated carbocycles. The summed E-state index contributed by atoms with van der Waals surface area (Å²) in [6.07, 6.45) is 0.921. The number of hydrogen-bond acceptors (Lipinski definition) is 5. The number of hydrogen-bond donors (Lipinski definition) is 4. The quantitative estimate of drug-likeness (QED) is 0.438. The monoisotopic (exact) mass is 293 g/mol. The van der Waals surface area contributed by atoms with Gasteiger partial charge in [-0.2, -0.15) is 5.10 Å². The second-order valence-corrected chi connectivity index (χ2v) is 4.16. The van der Waals surface area contributed by atoms with Gasteiger partial charge in [-0.3, -0.25) is 20.3 Å². The fourth-order valence-corrected chi connectivity index (χ4v) is 1.58. The van der Waals surface area contributed by atoms with Gasteiger partial charge in [0.25, 0.3) is 0 Å². The van der Waals surface area contributed by atoms with Crippen molar-refractivity contribution in [3.05, 3.63) is 35.6 Å². The molecule has 8 nitrogen and oxygen atoms in total. The van der Waals surface area contributed by atoms with Crippen LogP contribution in [0.2, 0.25) is 0 Å². The van der Waals surface area contributed by atoms with Crippen LogP contribution < -0.4 is 21.6 Å². The molecule has 110 valence electrons. The lowest BCUT2D eigenvalue weighted by Gasteiger charge is -2.22. The maximum Gasteiger partial charge on any atom is 0.335 e. The van der Waals surface area contributed by atoms with Crippen LogP contribution in [0.5, 0.6) is 0 Å². The van der Waals surface area contributed by atoms with Crippen molar-refractivity contribution in [2.45, 2.75) is 12.5 Å². The Balaban J connectivity index is 1.84. The molecule has 9 heteroatoms. The van der Waals surface area contributed by atoms with E-state index in [9.17, 15) is 18.8 Å². The molecule has 1 saturated heterocycles. The smallest absolute Gasteiger partial charge is 0.276 e. The predicted octanol–water partition coefficient (Wildman–Crippen LogP) is -0.621. The van der Waals surface area contributed by atoms with E-state index in [0.717, 1.165) is 6.21 Å². The van der Waals surface area contributed by atoms with Crippen molar-refractivity contribution in [2.75, 3.05) is 0 Å². The van der Waals surface area contributed by atoms with Crippen molar-refractivity contribution in [1.29, 1.82) is 0 Å². The Bertz CT molecular complexity index is 604. The highest BCUT2D eigenvalue weighted by atomic mass is 19.1. The van der Waals surface area contributed by atoms with E-state index in [1.807, 2.05) is 5.32 Å². The Hall–Kier alpha value is -2.81. The number of nitrogens with one attached hydrogen (secondary N) is 4. The summed E-state index contributed by atoms with van der Waals surface area (Å²) < 4.78 is 13.3. The molecule has 1 aromatic rings. The molecule has 2 rings (SSSR count). The number of nitrogens with zero attached hydrogens (tertiary/aromatic N) is 1. The van der Waals surface area contributed by atoms with Crippen molar-refractivity contribution in [2.24, 2.45) is 5.10 Å². The van der Waals surface area contributed by atoms with Crippen molar-refractivity contribution in [1.82, 2.24) is 21.6 Å². The summed E-state index contributed by atoms with van der Waals surface area (Å²) in [5.41, 5.74) is 6.94. The molecule has 4 amide bonds. The molecule has 0 bridgehead atoms. The highest BCUT2D eigenvalue weighted by Gasteiger charge is 2.27. The van der Waals surface area contributed by atoms with Crippen LogP contribution in [0.1, 0.15) is 12.0 Å². The second kappa shape index (κ2) is 6.57. The van der Waals surface area contributed by atoms with Gasteiger partial charge in [0.1, 0.15) is 11.9 Å². The third-order valence-electron chi connectivity index (χ3n) is 2.60. The number of imide groups is 1. The largest absolute Gasteiger partial charge is 0.335 e. The number of halogens is 1. The van der Waals surface area contributed by atoms with Crippen molar-refractivity contribution >= 4 is 24.1 Å². The Labute approximate surface area is 118 Å². The van der Waals surface area contributed by atoms with E-state index in [0.29, 0.717) is 0 Å². The first-order valence-corrected chi connectivity index (χ1v) is 5.99. The first-order chi connectivity index (χ1) is 10.1. The second-order valence-electron chi connectivity index (χ2n) is 4.16. The van der Waals surface area contributed by atoms with Crippen molar-refractivity contribution in [3.63, 3.8) is 0 Å². The van der Waals surface area contributed by atoms with Crippen LogP contribution in [0.25, 0.3) is 0 Å². The third kappa shape index (κ3) is 4.08. The van der Waals surface area contributed by atoms with Gasteiger partial charge in [-0.05, 0) is 6.07 Å². The molecule has 0 radical (unpaired) electrons. The normalized spacial score (nSPS) is 18.2. The average Bonchev–Trinajstić information content (AvgIpc) is 2.44. The van der Waals surface area contributed by atoms with E-state index in [2.05, 4.69) is 21.4 Å². The van der Waals surface area contributed by atoms with Gasteiger partial charge in [0.15, 0.2) is 0 Å². The standard InChI is InChI=1S/C12H12FN5O3/c13-8-4-2-1-3-7(8)6-14-17-10(19)5-9-11(20)15-12(21)18-16-9/h1-4,6,9,16H,5H2,(H,17,19)(H2,15,18,20,21)/b14-6+. The van der Waals surface area contributed by atoms with Crippen LogP contribution in [0.3, 0.4) is 0 Å². The van der Waals surface area contributed by atoms with Crippen molar-refractivity contribution in [3.8, 4) is 0 Å². The molecule has 0 aliphatic carbocycles. The number of amides is 4. The molecule has 1 fully saturated rings. The number of carbonyl (C=O) groups is 3. The molecule has 4 N–H and O–H groups in total. The number of hydrazine groups is 1. The average molecular weight is 293 g/mol.